The van der Waals surface area contributed by atoms with Crippen LogP contribution in [0.25, 0.3) is 0 Å². The van der Waals surface area contributed by atoms with Crippen LogP contribution in [0.3, 0.4) is 0 Å². The summed E-state index contributed by atoms with van der Waals surface area (Å²) in [7, 11) is 0. The van der Waals surface area contributed by atoms with Gasteiger partial charge in [-0.25, -0.2) is 0 Å². The molecule has 0 spiro atoms. The van der Waals surface area contributed by atoms with Gasteiger partial charge in [0.25, 0.3) is 0 Å². The fourth-order valence-corrected chi connectivity index (χ4v) is 2.21. The van der Waals surface area contributed by atoms with Crippen LogP contribution in [0.1, 0.15) is 47.0 Å². The lowest BCUT2D eigenvalue weighted by atomic mass is 9.98. The van der Waals surface area contributed by atoms with E-state index in [1.165, 1.54) is 19.3 Å². The maximum Gasteiger partial charge on any atom is -0.00168 e. The minimum Gasteiger partial charge on any atom is -0.0739 e. The fraction of sp³-hybridized carbons (Fsp3) is 0.667. The summed E-state index contributed by atoms with van der Waals surface area (Å²) in [5.41, 5.74) is 4.85. The Bertz CT molecular complexity index is 215. The Balaban J connectivity index is 2.91. The van der Waals surface area contributed by atoms with E-state index < -0.39 is 0 Å². The highest BCUT2D eigenvalue weighted by molar-refractivity contribution is 5.43. The van der Waals surface area contributed by atoms with Crippen LogP contribution in [0, 0.1) is 5.92 Å². The standard InChI is InChI=1S/C12H20/c1-5-10-8-11(6-2)12(7-3)9(10)4/h8,10H,5-7H2,1-4H3. The summed E-state index contributed by atoms with van der Waals surface area (Å²) in [6.07, 6.45) is 6.14. The van der Waals surface area contributed by atoms with Crippen molar-refractivity contribution < 1.29 is 0 Å². The highest BCUT2D eigenvalue weighted by atomic mass is 14.2. The van der Waals surface area contributed by atoms with Gasteiger partial charge in [-0.2, -0.15) is 0 Å². The van der Waals surface area contributed by atoms with Crippen LogP contribution < -0.4 is 0 Å². The average molecular weight is 164 g/mol. The average Bonchev–Trinajstić information content (AvgIpc) is 2.41. The Labute approximate surface area is 76.4 Å². The fourth-order valence-electron chi connectivity index (χ4n) is 2.21. The zero-order valence-electron chi connectivity index (χ0n) is 8.78. The molecule has 0 bridgehead atoms. The first-order valence-corrected chi connectivity index (χ1v) is 5.15. The predicted molar refractivity (Wildman–Crippen MR) is 55.1 cm³/mol. The first-order chi connectivity index (χ1) is 5.74. The minimum atomic E-state index is 0.745. The van der Waals surface area contributed by atoms with Crippen molar-refractivity contribution in [3.63, 3.8) is 0 Å². The Morgan fingerprint density at radius 1 is 1.17 bits per heavy atom. The monoisotopic (exact) mass is 164 g/mol. The Morgan fingerprint density at radius 3 is 2.17 bits per heavy atom. The molecule has 0 saturated heterocycles. The summed E-state index contributed by atoms with van der Waals surface area (Å²) in [5, 5.41) is 0. The zero-order valence-corrected chi connectivity index (χ0v) is 8.78. The molecule has 1 aliphatic rings. The molecule has 0 N–H and O–H groups in total. The molecule has 0 aromatic carbocycles. The second kappa shape index (κ2) is 3.93. The summed E-state index contributed by atoms with van der Waals surface area (Å²) in [4.78, 5) is 0. The van der Waals surface area contributed by atoms with Gasteiger partial charge in [0.15, 0.2) is 0 Å². The largest absolute Gasteiger partial charge is 0.0739 e. The third kappa shape index (κ3) is 1.48. The molecule has 1 aliphatic carbocycles. The first kappa shape index (κ1) is 9.57. The van der Waals surface area contributed by atoms with Gasteiger partial charge in [-0.3, -0.25) is 0 Å². The number of hydrogen-bond acceptors (Lipinski definition) is 0. The molecule has 0 aromatic rings. The molecule has 0 radical (unpaired) electrons. The van der Waals surface area contributed by atoms with Gasteiger partial charge in [0.1, 0.15) is 0 Å². The molecule has 0 heterocycles. The number of allylic oxidation sites excluding steroid dienone is 4. The van der Waals surface area contributed by atoms with Crippen molar-refractivity contribution in [2.75, 3.05) is 0 Å². The van der Waals surface area contributed by atoms with E-state index in [-0.39, 0.29) is 0 Å². The van der Waals surface area contributed by atoms with Gasteiger partial charge in [-0.15, -0.1) is 0 Å². The molecular formula is C12H20. The molecule has 0 heteroatoms. The third-order valence-electron chi connectivity index (χ3n) is 3.00. The van der Waals surface area contributed by atoms with Gasteiger partial charge in [0, 0.05) is 0 Å². The van der Waals surface area contributed by atoms with Crippen molar-refractivity contribution in [1.29, 1.82) is 0 Å². The van der Waals surface area contributed by atoms with Crippen LogP contribution in [0.2, 0.25) is 0 Å². The second-order valence-corrected chi connectivity index (χ2v) is 3.58. The van der Waals surface area contributed by atoms with Gasteiger partial charge in [-0.1, -0.05) is 32.4 Å². The second-order valence-electron chi connectivity index (χ2n) is 3.58. The highest BCUT2D eigenvalue weighted by Crippen LogP contribution is 2.35. The van der Waals surface area contributed by atoms with E-state index in [9.17, 15) is 0 Å². The van der Waals surface area contributed by atoms with Crippen LogP contribution >= 0.6 is 0 Å². The lowest BCUT2D eigenvalue weighted by Crippen LogP contribution is -1.92. The summed E-state index contributed by atoms with van der Waals surface area (Å²) in [5.74, 6) is 0.745. The van der Waals surface area contributed by atoms with Gasteiger partial charge in [0.05, 0.1) is 0 Å². The molecule has 12 heavy (non-hydrogen) atoms. The van der Waals surface area contributed by atoms with E-state index in [1.807, 2.05) is 0 Å². The SMILES string of the molecule is CCC1=CC(CC)C(C)=C1CC. The lowest BCUT2D eigenvalue weighted by Gasteiger charge is -2.07. The molecule has 0 nitrogen and oxygen atoms in total. The van der Waals surface area contributed by atoms with Crippen molar-refractivity contribution in [3.8, 4) is 0 Å². The minimum absolute atomic E-state index is 0.745. The summed E-state index contributed by atoms with van der Waals surface area (Å²) >= 11 is 0. The number of hydrogen-bond donors (Lipinski definition) is 0. The molecule has 1 atom stereocenters. The quantitative estimate of drug-likeness (QED) is 0.589. The van der Waals surface area contributed by atoms with Gasteiger partial charge < -0.3 is 0 Å². The summed E-state index contributed by atoms with van der Waals surface area (Å²) in [6, 6.07) is 0. The normalized spacial score (nSPS) is 23.3. The van der Waals surface area contributed by atoms with E-state index in [0.717, 1.165) is 5.92 Å². The Hall–Kier alpha value is -0.520. The molecule has 0 aliphatic heterocycles. The van der Waals surface area contributed by atoms with Crippen LogP contribution in [0.15, 0.2) is 22.8 Å². The van der Waals surface area contributed by atoms with Crippen molar-refractivity contribution in [2.45, 2.75) is 47.0 Å². The van der Waals surface area contributed by atoms with Crippen molar-refractivity contribution in [1.82, 2.24) is 0 Å². The molecule has 68 valence electrons. The summed E-state index contributed by atoms with van der Waals surface area (Å²) in [6.45, 7) is 9.09. The predicted octanol–water partition coefficient (Wildman–Crippen LogP) is 4.09. The van der Waals surface area contributed by atoms with E-state index in [1.54, 1.807) is 16.7 Å². The Morgan fingerprint density at radius 2 is 1.83 bits per heavy atom. The maximum absolute atomic E-state index is 2.47. The van der Waals surface area contributed by atoms with Crippen molar-refractivity contribution in [3.05, 3.63) is 22.8 Å². The van der Waals surface area contributed by atoms with Crippen LogP contribution in [0.5, 0.6) is 0 Å². The van der Waals surface area contributed by atoms with Crippen LogP contribution in [-0.4, -0.2) is 0 Å². The van der Waals surface area contributed by atoms with Gasteiger partial charge in [-0.05, 0) is 43.3 Å². The molecule has 1 unspecified atom stereocenters. The van der Waals surface area contributed by atoms with Crippen molar-refractivity contribution in [2.24, 2.45) is 5.92 Å². The molecule has 1 rings (SSSR count). The Kier molecular flexibility index (Phi) is 3.13. The van der Waals surface area contributed by atoms with E-state index in [0.29, 0.717) is 0 Å². The van der Waals surface area contributed by atoms with Crippen molar-refractivity contribution >= 4 is 0 Å². The highest BCUT2D eigenvalue weighted by Gasteiger charge is 2.19. The first-order valence-electron chi connectivity index (χ1n) is 5.15. The van der Waals surface area contributed by atoms with Crippen LogP contribution in [0.4, 0.5) is 0 Å². The molecule has 0 fully saturated rings. The molecular weight excluding hydrogens is 144 g/mol. The summed E-state index contributed by atoms with van der Waals surface area (Å²) < 4.78 is 0. The van der Waals surface area contributed by atoms with Gasteiger partial charge >= 0.3 is 0 Å². The molecule has 0 saturated carbocycles. The van der Waals surface area contributed by atoms with Crippen LogP contribution in [-0.2, 0) is 0 Å². The topological polar surface area (TPSA) is 0 Å². The molecule has 0 aromatic heterocycles. The zero-order chi connectivity index (χ0) is 9.14. The third-order valence-corrected chi connectivity index (χ3v) is 3.00. The maximum atomic E-state index is 2.47. The van der Waals surface area contributed by atoms with E-state index in [2.05, 4.69) is 33.8 Å². The van der Waals surface area contributed by atoms with E-state index in [4.69, 9.17) is 0 Å². The molecule has 0 amide bonds. The lowest BCUT2D eigenvalue weighted by molar-refractivity contribution is 0.732. The smallest absolute Gasteiger partial charge is 0.00168 e. The number of rotatable bonds is 3. The van der Waals surface area contributed by atoms with Gasteiger partial charge in [0.2, 0.25) is 0 Å². The van der Waals surface area contributed by atoms with E-state index >= 15 is 0 Å².